The van der Waals surface area contributed by atoms with Gasteiger partial charge in [-0.05, 0) is 18.6 Å². The molecule has 1 aliphatic carbocycles. The lowest BCUT2D eigenvalue weighted by atomic mass is 9.64. The maximum atomic E-state index is 12.4. The van der Waals surface area contributed by atoms with Gasteiger partial charge in [-0.2, -0.15) is 0 Å². The molecule has 0 bridgehead atoms. The van der Waals surface area contributed by atoms with Crippen LogP contribution in [-0.4, -0.2) is 37.8 Å². The van der Waals surface area contributed by atoms with Crippen molar-refractivity contribution in [2.24, 2.45) is 5.41 Å². The maximum absolute atomic E-state index is 12.4. The summed E-state index contributed by atoms with van der Waals surface area (Å²) < 4.78 is 11.2. The first kappa shape index (κ1) is 14.2. The Bertz CT molecular complexity index is 544. The van der Waals surface area contributed by atoms with E-state index in [1.54, 1.807) is 7.11 Å². The zero-order valence-corrected chi connectivity index (χ0v) is 12.7. The summed E-state index contributed by atoms with van der Waals surface area (Å²) in [5.74, 6) is 0.663. The summed E-state index contributed by atoms with van der Waals surface area (Å²) in [4.78, 5) is 12.4. The molecule has 0 spiro atoms. The lowest BCUT2D eigenvalue weighted by molar-refractivity contribution is -0.138. The Morgan fingerprint density at radius 1 is 1.43 bits per heavy atom. The molecule has 1 aromatic rings. The van der Waals surface area contributed by atoms with Crippen LogP contribution >= 0.6 is 0 Å². The Labute approximate surface area is 125 Å². The molecular formula is C16H22N2O3. The molecule has 1 amide bonds. The fourth-order valence-corrected chi connectivity index (χ4v) is 3.05. The van der Waals surface area contributed by atoms with Crippen LogP contribution in [0.4, 0.5) is 5.69 Å². The van der Waals surface area contributed by atoms with E-state index in [-0.39, 0.29) is 23.5 Å². The normalized spacial score (nSPS) is 29.4. The Morgan fingerprint density at radius 3 is 2.90 bits per heavy atom. The Kier molecular flexibility index (Phi) is 3.53. The number of carbonyl (C=O) groups is 1. The number of amides is 1. The number of rotatable bonds is 3. The standard InChI is InChI=1S/C16H22N2O3/c1-16(2)13(8-14(16)20-3)18-15(19)12-9-17-10-6-4-5-7-11(10)21-12/h4-7,12-14,17H,8-9H2,1-3H3,(H,18,19). The van der Waals surface area contributed by atoms with Gasteiger partial charge in [-0.3, -0.25) is 4.79 Å². The molecular weight excluding hydrogens is 268 g/mol. The minimum absolute atomic E-state index is 0.0373. The van der Waals surface area contributed by atoms with Crippen LogP contribution in [0.25, 0.3) is 0 Å². The second-order valence-corrected chi connectivity index (χ2v) is 6.33. The van der Waals surface area contributed by atoms with Gasteiger partial charge in [0.15, 0.2) is 6.10 Å². The monoisotopic (exact) mass is 290 g/mol. The molecule has 5 heteroatoms. The predicted molar refractivity (Wildman–Crippen MR) is 80.5 cm³/mol. The van der Waals surface area contributed by atoms with Gasteiger partial charge >= 0.3 is 0 Å². The van der Waals surface area contributed by atoms with Crippen molar-refractivity contribution in [3.63, 3.8) is 0 Å². The Hall–Kier alpha value is -1.75. The lowest BCUT2D eigenvalue weighted by Crippen LogP contribution is -2.63. The fourth-order valence-electron chi connectivity index (χ4n) is 3.05. The van der Waals surface area contributed by atoms with E-state index in [0.29, 0.717) is 6.54 Å². The highest BCUT2D eigenvalue weighted by Crippen LogP contribution is 2.42. The minimum Gasteiger partial charge on any atom is -0.477 e. The molecule has 21 heavy (non-hydrogen) atoms. The molecule has 0 saturated heterocycles. The molecule has 1 heterocycles. The molecule has 1 fully saturated rings. The molecule has 1 aromatic carbocycles. The van der Waals surface area contributed by atoms with Gasteiger partial charge in [-0.25, -0.2) is 0 Å². The number of methoxy groups -OCH3 is 1. The number of hydrogen-bond acceptors (Lipinski definition) is 4. The number of para-hydroxylation sites is 2. The number of ether oxygens (including phenoxy) is 2. The van der Waals surface area contributed by atoms with Crippen LogP contribution < -0.4 is 15.4 Å². The van der Waals surface area contributed by atoms with Crippen molar-refractivity contribution < 1.29 is 14.3 Å². The summed E-state index contributed by atoms with van der Waals surface area (Å²) in [6.45, 7) is 4.72. The molecule has 1 aliphatic heterocycles. The first-order valence-electron chi connectivity index (χ1n) is 7.35. The summed E-state index contributed by atoms with van der Waals surface area (Å²) >= 11 is 0. The minimum atomic E-state index is -0.489. The zero-order chi connectivity index (χ0) is 15.0. The van der Waals surface area contributed by atoms with Crippen LogP contribution in [0.3, 0.4) is 0 Å². The highest BCUT2D eigenvalue weighted by atomic mass is 16.5. The second-order valence-electron chi connectivity index (χ2n) is 6.33. The van der Waals surface area contributed by atoms with Gasteiger partial charge in [0.1, 0.15) is 5.75 Å². The first-order chi connectivity index (χ1) is 10.0. The number of nitrogens with one attached hydrogen (secondary N) is 2. The van der Waals surface area contributed by atoms with E-state index >= 15 is 0 Å². The third kappa shape index (κ3) is 2.46. The van der Waals surface area contributed by atoms with E-state index in [1.165, 1.54) is 0 Å². The van der Waals surface area contributed by atoms with Crippen molar-refractivity contribution in [1.29, 1.82) is 0 Å². The smallest absolute Gasteiger partial charge is 0.263 e. The fraction of sp³-hybridized carbons (Fsp3) is 0.562. The van der Waals surface area contributed by atoms with Crippen LogP contribution in [0.5, 0.6) is 5.75 Å². The summed E-state index contributed by atoms with van der Waals surface area (Å²) in [5, 5.41) is 6.32. The molecule has 114 valence electrons. The molecule has 2 aliphatic rings. The highest BCUT2D eigenvalue weighted by molar-refractivity contribution is 5.83. The van der Waals surface area contributed by atoms with Gasteiger partial charge in [0.25, 0.3) is 5.91 Å². The number of fused-ring (bicyclic) bond motifs is 1. The quantitative estimate of drug-likeness (QED) is 0.891. The average Bonchev–Trinajstić information content (AvgIpc) is 2.50. The molecule has 0 radical (unpaired) electrons. The largest absolute Gasteiger partial charge is 0.477 e. The molecule has 3 atom stereocenters. The average molecular weight is 290 g/mol. The number of anilines is 1. The zero-order valence-electron chi connectivity index (χ0n) is 12.7. The highest BCUT2D eigenvalue weighted by Gasteiger charge is 2.49. The van der Waals surface area contributed by atoms with Crippen molar-refractivity contribution >= 4 is 11.6 Å². The third-order valence-electron chi connectivity index (χ3n) is 4.71. The number of carbonyl (C=O) groups excluding carboxylic acids is 1. The van der Waals surface area contributed by atoms with Crippen LogP contribution in [0, 0.1) is 5.41 Å². The van der Waals surface area contributed by atoms with Gasteiger partial charge < -0.3 is 20.1 Å². The second kappa shape index (κ2) is 5.22. The van der Waals surface area contributed by atoms with Crippen LogP contribution in [0.2, 0.25) is 0 Å². The van der Waals surface area contributed by atoms with Gasteiger partial charge in [0.05, 0.1) is 18.3 Å². The molecule has 3 unspecified atom stereocenters. The van der Waals surface area contributed by atoms with Crippen molar-refractivity contribution in [2.75, 3.05) is 19.0 Å². The van der Waals surface area contributed by atoms with Crippen LogP contribution in [0.1, 0.15) is 20.3 Å². The van der Waals surface area contributed by atoms with E-state index in [2.05, 4.69) is 24.5 Å². The summed E-state index contributed by atoms with van der Waals surface area (Å²) in [6.07, 6.45) is 0.567. The van der Waals surface area contributed by atoms with Crippen LogP contribution in [-0.2, 0) is 9.53 Å². The Morgan fingerprint density at radius 2 is 2.19 bits per heavy atom. The van der Waals surface area contributed by atoms with E-state index < -0.39 is 6.10 Å². The maximum Gasteiger partial charge on any atom is 0.263 e. The van der Waals surface area contributed by atoms with E-state index in [9.17, 15) is 4.79 Å². The third-order valence-corrected chi connectivity index (χ3v) is 4.71. The summed E-state index contributed by atoms with van der Waals surface area (Å²) in [6, 6.07) is 7.80. The van der Waals surface area contributed by atoms with Crippen molar-refractivity contribution in [2.45, 2.75) is 38.5 Å². The van der Waals surface area contributed by atoms with Crippen LogP contribution in [0.15, 0.2) is 24.3 Å². The Balaban J connectivity index is 1.61. The number of hydrogen-bond donors (Lipinski definition) is 2. The van der Waals surface area contributed by atoms with E-state index in [1.807, 2.05) is 24.3 Å². The molecule has 1 saturated carbocycles. The van der Waals surface area contributed by atoms with Gasteiger partial charge in [-0.1, -0.05) is 26.0 Å². The van der Waals surface area contributed by atoms with Gasteiger partial charge in [-0.15, -0.1) is 0 Å². The van der Waals surface area contributed by atoms with Crippen molar-refractivity contribution in [3.05, 3.63) is 24.3 Å². The SMILES string of the molecule is COC1CC(NC(=O)C2CNc3ccccc3O2)C1(C)C. The molecule has 3 rings (SSSR count). The molecule has 2 N–H and O–H groups in total. The number of benzene rings is 1. The van der Waals surface area contributed by atoms with Gasteiger partial charge in [0, 0.05) is 18.6 Å². The summed E-state index contributed by atoms with van der Waals surface area (Å²) in [5.41, 5.74) is 0.898. The van der Waals surface area contributed by atoms with E-state index in [4.69, 9.17) is 9.47 Å². The van der Waals surface area contributed by atoms with Crippen molar-refractivity contribution in [3.8, 4) is 5.75 Å². The summed E-state index contributed by atoms with van der Waals surface area (Å²) in [7, 11) is 1.72. The first-order valence-corrected chi connectivity index (χ1v) is 7.35. The van der Waals surface area contributed by atoms with Gasteiger partial charge in [0.2, 0.25) is 0 Å². The molecule has 0 aromatic heterocycles. The molecule has 5 nitrogen and oxygen atoms in total. The topological polar surface area (TPSA) is 59.6 Å². The van der Waals surface area contributed by atoms with E-state index in [0.717, 1.165) is 17.9 Å². The predicted octanol–water partition coefficient (Wildman–Crippen LogP) is 1.79. The lowest BCUT2D eigenvalue weighted by Gasteiger charge is -2.51. The van der Waals surface area contributed by atoms with Crippen molar-refractivity contribution in [1.82, 2.24) is 5.32 Å².